The van der Waals surface area contributed by atoms with Crippen molar-refractivity contribution in [2.75, 3.05) is 17.8 Å². The lowest BCUT2D eigenvalue weighted by Crippen LogP contribution is -2.55. The first kappa shape index (κ1) is 19.4. The molecule has 5 rings (SSSR count). The number of benzene rings is 2. The number of H-pyrrole nitrogens is 1. The van der Waals surface area contributed by atoms with E-state index in [1.54, 1.807) is 18.1 Å². The molecule has 152 valence electrons. The minimum Gasteiger partial charge on any atom is -0.490 e. The van der Waals surface area contributed by atoms with E-state index in [0.29, 0.717) is 21.6 Å². The third-order valence-corrected chi connectivity index (χ3v) is 7.54. The third kappa shape index (κ3) is 3.93. The number of aromatic nitrogens is 1. The molecule has 1 spiro atoms. The topological polar surface area (TPSA) is 49.1 Å². The van der Waals surface area contributed by atoms with Gasteiger partial charge in [0.1, 0.15) is 5.75 Å². The Labute approximate surface area is 184 Å². The Bertz CT molecular complexity index is 1020. The number of hydrogen-bond donors (Lipinski definition) is 3. The van der Waals surface area contributed by atoms with Crippen LogP contribution in [0.2, 0.25) is 10.0 Å². The van der Waals surface area contributed by atoms with Crippen LogP contribution >= 0.6 is 35.1 Å². The van der Waals surface area contributed by atoms with Crippen molar-refractivity contribution in [3.63, 3.8) is 0 Å². The Balaban J connectivity index is 1.23. The zero-order valence-corrected chi connectivity index (χ0v) is 18.3. The van der Waals surface area contributed by atoms with E-state index in [2.05, 4.69) is 27.2 Å². The molecule has 1 aliphatic heterocycles. The van der Waals surface area contributed by atoms with E-state index in [-0.39, 0.29) is 0 Å². The van der Waals surface area contributed by atoms with Crippen LogP contribution in [0.4, 0.5) is 5.69 Å². The zero-order valence-electron chi connectivity index (χ0n) is 15.9. The van der Waals surface area contributed by atoms with Crippen molar-refractivity contribution < 1.29 is 4.74 Å². The summed E-state index contributed by atoms with van der Waals surface area (Å²) in [4.78, 5) is 4.29. The van der Waals surface area contributed by atoms with Crippen molar-refractivity contribution in [1.29, 1.82) is 0 Å². The fourth-order valence-electron chi connectivity index (χ4n) is 4.32. The van der Waals surface area contributed by atoms with Gasteiger partial charge in [-0.25, -0.2) is 0 Å². The molecule has 0 amide bonds. The normalized spacial score (nSPS) is 18.7. The first-order chi connectivity index (χ1) is 14.1. The van der Waals surface area contributed by atoms with Gasteiger partial charge in [-0.05, 0) is 73.4 Å². The van der Waals surface area contributed by atoms with Gasteiger partial charge in [0.25, 0.3) is 0 Å². The predicted molar refractivity (Wildman–Crippen MR) is 122 cm³/mol. The predicted octanol–water partition coefficient (Wildman–Crippen LogP) is 6.50. The molecule has 2 aromatic carbocycles. The van der Waals surface area contributed by atoms with Gasteiger partial charge in [-0.2, -0.15) is 0 Å². The molecule has 0 bridgehead atoms. The summed E-state index contributed by atoms with van der Waals surface area (Å²) in [5.41, 5.74) is 2.41. The maximum absolute atomic E-state index is 6.30. The molecule has 1 saturated carbocycles. The number of nitrogens with one attached hydrogen (secondary N) is 3. The van der Waals surface area contributed by atoms with Gasteiger partial charge in [-0.3, -0.25) is 0 Å². The lowest BCUT2D eigenvalue weighted by molar-refractivity contribution is 0.0421. The maximum atomic E-state index is 6.30. The molecule has 1 aliphatic carbocycles. The van der Waals surface area contributed by atoms with Crippen molar-refractivity contribution in [1.82, 2.24) is 10.3 Å². The molecule has 1 saturated heterocycles. The van der Waals surface area contributed by atoms with Crippen LogP contribution < -0.4 is 14.8 Å². The maximum Gasteiger partial charge on any atom is 0.120 e. The van der Waals surface area contributed by atoms with Gasteiger partial charge in [-0.1, -0.05) is 29.3 Å². The molecule has 0 radical (unpaired) electrons. The highest BCUT2D eigenvalue weighted by atomic mass is 35.5. The summed E-state index contributed by atoms with van der Waals surface area (Å²) in [6.45, 7) is 2.36. The number of halogens is 2. The lowest BCUT2D eigenvalue weighted by Gasteiger charge is -2.47. The van der Waals surface area contributed by atoms with Gasteiger partial charge in [-0.15, -0.1) is 0 Å². The standard InChI is InChI=1S/C22H23Cl2N3OS/c23-17-4-5-19(21-20(17)18(24)11-26-21)27-29-16-3-1-2-15(10-16)28-14-6-8-22(9-7-14)12-25-13-22/h1-5,10-11,14,25-27H,6-9,12-13H2. The summed E-state index contributed by atoms with van der Waals surface area (Å²) in [6, 6.07) is 12.1. The molecule has 29 heavy (non-hydrogen) atoms. The van der Waals surface area contributed by atoms with Crippen LogP contribution in [0.5, 0.6) is 5.75 Å². The minimum atomic E-state index is 0.325. The average Bonchev–Trinajstić information content (AvgIpc) is 3.10. The van der Waals surface area contributed by atoms with Crippen LogP contribution in [0.1, 0.15) is 25.7 Å². The fourth-order valence-corrected chi connectivity index (χ4v) is 5.60. The monoisotopic (exact) mass is 447 g/mol. The van der Waals surface area contributed by atoms with Gasteiger partial charge >= 0.3 is 0 Å². The SMILES string of the molecule is Clc1ccc(NSc2cccc(OC3CCC4(CC3)CNC4)c2)c2[nH]cc(Cl)c12. The molecule has 0 unspecified atom stereocenters. The van der Waals surface area contributed by atoms with Crippen molar-refractivity contribution >= 4 is 51.7 Å². The lowest BCUT2D eigenvalue weighted by atomic mass is 9.69. The molecule has 3 N–H and O–H groups in total. The van der Waals surface area contributed by atoms with Crippen molar-refractivity contribution in [3.8, 4) is 5.75 Å². The second-order valence-corrected chi connectivity index (χ2v) is 9.78. The van der Waals surface area contributed by atoms with Gasteiger partial charge in [0.15, 0.2) is 0 Å². The summed E-state index contributed by atoms with van der Waals surface area (Å²) < 4.78 is 9.70. The molecule has 2 fully saturated rings. The van der Waals surface area contributed by atoms with Crippen LogP contribution in [0.25, 0.3) is 10.9 Å². The largest absolute Gasteiger partial charge is 0.490 e. The molecule has 7 heteroatoms. The van der Waals surface area contributed by atoms with E-state index in [1.807, 2.05) is 24.3 Å². The fraction of sp³-hybridized carbons (Fsp3) is 0.364. The molecule has 3 aromatic rings. The average molecular weight is 448 g/mol. The highest BCUT2D eigenvalue weighted by Crippen LogP contribution is 2.41. The number of fused-ring (bicyclic) bond motifs is 1. The van der Waals surface area contributed by atoms with E-state index in [0.717, 1.165) is 40.1 Å². The van der Waals surface area contributed by atoms with Crippen molar-refractivity contribution in [2.24, 2.45) is 5.41 Å². The Morgan fingerprint density at radius 1 is 1.07 bits per heavy atom. The Morgan fingerprint density at radius 2 is 1.90 bits per heavy atom. The summed E-state index contributed by atoms with van der Waals surface area (Å²) in [5.74, 6) is 0.939. The number of ether oxygens (including phenoxy) is 1. The molecule has 2 aliphatic rings. The van der Waals surface area contributed by atoms with Gasteiger partial charge in [0.2, 0.25) is 0 Å². The Morgan fingerprint density at radius 3 is 2.66 bits per heavy atom. The van der Waals surface area contributed by atoms with E-state index in [9.17, 15) is 0 Å². The van der Waals surface area contributed by atoms with Crippen molar-refractivity contribution in [3.05, 3.63) is 52.6 Å². The molecule has 1 aromatic heterocycles. The molecular formula is C22H23Cl2N3OS. The van der Waals surface area contributed by atoms with Gasteiger partial charge < -0.3 is 19.8 Å². The Hall–Kier alpha value is -1.53. The number of hydrogen-bond acceptors (Lipinski definition) is 4. The highest BCUT2D eigenvalue weighted by molar-refractivity contribution is 8.00. The van der Waals surface area contributed by atoms with Gasteiger partial charge in [0.05, 0.1) is 27.4 Å². The van der Waals surface area contributed by atoms with Crippen LogP contribution in [0.3, 0.4) is 0 Å². The zero-order chi connectivity index (χ0) is 19.8. The Kier molecular flexibility index (Phi) is 5.33. The van der Waals surface area contributed by atoms with E-state index >= 15 is 0 Å². The summed E-state index contributed by atoms with van der Waals surface area (Å²) in [6.07, 6.45) is 6.92. The van der Waals surface area contributed by atoms with Crippen LogP contribution in [0.15, 0.2) is 47.5 Å². The van der Waals surface area contributed by atoms with E-state index in [4.69, 9.17) is 27.9 Å². The smallest absolute Gasteiger partial charge is 0.120 e. The number of rotatable bonds is 5. The summed E-state index contributed by atoms with van der Waals surface area (Å²) >= 11 is 14.1. The second kappa shape index (κ2) is 7.95. The van der Waals surface area contributed by atoms with Crippen molar-refractivity contribution in [2.45, 2.75) is 36.7 Å². The first-order valence-electron chi connectivity index (χ1n) is 9.97. The quantitative estimate of drug-likeness (QED) is 0.390. The number of anilines is 1. The van der Waals surface area contributed by atoms with E-state index < -0.39 is 0 Å². The van der Waals surface area contributed by atoms with Crippen LogP contribution in [-0.4, -0.2) is 24.2 Å². The summed E-state index contributed by atoms with van der Waals surface area (Å²) in [7, 11) is 0. The van der Waals surface area contributed by atoms with E-state index in [1.165, 1.54) is 25.9 Å². The second-order valence-electron chi connectivity index (χ2n) is 8.08. The molecule has 2 heterocycles. The highest BCUT2D eigenvalue weighted by Gasteiger charge is 2.40. The third-order valence-electron chi connectivity index (χ3n) is 6.12. The van der Waals surface area contributed by atoms with Crippen LogP contribution in [0, 0.1) is 5.41 Å². The van der Waals surface area contributed by atoms with Gasteiger partial charge in [0, 0.05) is 29.6 Å². The van der Waals surface area contributed by atoms with Crippen LogP contribution in [-0.2, 0) is 0 Å². The minimum absolute atomic E-state index is 0.325. The first-order valence-corrected chi connectivity index (χ1v) is 11.5. The molecule has 4 nitrogen and oxygen atoms in total. The molecule has 0 atom stereocenters. The molecular weight excluding hydrogens is 425 g/mol. The number of aromatic amines is 1. The summed E-state index contributed by atoms with van der Waals surface area (Å²) in [5, 5.41) is 5.53.